The summed E-state index contributed by atoms with van der Waals surface area (Å²) in [6.45, 7) is 4.51. The molecule has 4 bridgehead atoms. The van der Waals surface area contributed by atoms with Gasteiger partial charge in [-0.2, -0.15) is 5.10 Å². The molecule has 3 aliphatic rings. The van der Waals surface area contributed by atoms with E-state index in [1.807, 2.05) is 49.0 Å². The van der Waals surface area contributed by atoms with Crippen molar-refractivity contribution in [2.75, 3.05) is 31.1 Å². The quantitative estimate of drug-likeness (QED) is 0.604. The van der Waals surface area contributed by atoms with Gasteiger partial charge < -0.3 is 15.0 Å². The molecule has 4 heterocycles. The van der Waals surface area contributed by atoms with Crippen LogP contribution < -0.4 is 15.0 Å². The van der Waals surface area contributed by atoms with Crippen molar-refractivity contribution < 1.29 is 14.3 Å². The van der Waals surface area contributed by atoms with Gasteiger partial charge in [0, 0.05) is 44.1 Å². The Kier molecular flexibility index (Phi) is 5.56. The molecule has 186 valence electrons. The van der Waals surface area contributed by atoms with Crippen LogP contribution in [0.15, 0.2) is 54.7 Å². The van der Waals surface area contributed by atoms with Crippen molar-refractivity contribution >= 4 is 17.5 Å². The lowest BCUT2D eigenvalue weighted by Gasteiger charge is -2.35. The van der Waals surface area contributed by atoms with Gasteiger partial charge in [-0.1, -0.05) is 30.3 Å². The number of hydrogen-bond donors (Lipinski definition) is 1. The molecular formula is C28H31N5O3. The number of anilines is 1. The molecule has 1 saturated heterocycles. The molecule has 36 heavy (non-hydrogen) atoms. The molecular weight excluding hydrogens is 454 g/mol. The number of benzene rings is 2. The zero-order chi connectivity index (χ0) is 24.9. The Labute approximate surface area is 210 Å². The van der Waals surface area contributed by atoms with Gasteiger partial charge in [-0.05, 0) is 49.1 Å². The van der Waals surface area contributed by atoms with E-state index in [2.05, 4.69) is 39.7 Å². The zero-order valence-electron chi connectivity index (χ0n) is 20.7. The fourth-order valence-electron chi connectivity index (χ4n) is 6.26. The number of aromatic nitrogens is 2. The fraction of sp³-hybridized carbons (Fsp3) is 0.393. The summed E-state index contributed by atoms with van der Waals surface area (Å²) in [6, 6.07) is 15.9. The van der Waals surface area contributed by atoms with Crippen LogP contribution in [0.5, 0.6) is 5.75 Å². The number of carbonyl (C=O) groups is 2. The molecule has 2 atom stereocenters. The van der Waals surface area contributed by atoms with Crippen LogP contribution in [0, 0.1) is 6.92 Å². The van der Waals surface area contributed by atoms with Crippen LogP contribution in [-0.2, 0) is 28.6 Å². The second-order valence-corrected chi connectivity index (χ2v) is 10.0. The van der Waals surface area contributed by atoms with Gasteiger partial charge >= 0.3 is 0 Å². The molecule has 1 spiro atoms. The molecule has 8 heteroatoms. The third kappa shape index (κ3) is 3.59. The summed E-state index contributed by atoms with van der Waals surface area (Å²) in [7, 11) is 1.93. The molecule has 0 saturated carbocycles. The van der Waals surface area contributed by atoms with E-state index in [4.69, 9.17) is 4.74 Å². The summed E-state index contributed by atoms with van der Waals surface area (Å²) in [5.41, 5.74) is 4.25. The van der Waals surface area contributed by atoms with Gasteiger partial charge in [-0.25, -0.2) is 0 Å². The van der Waals surface area contributed by atoms with Gasteiger partial charge in [0.25, 0.3) is 0 Å². The highest BCUT2D eigenvalue weighted by atomic mass is 16.5. The van der Waals surface area contributed by atoms with Crippen LogP contribution in [0.4, 0.5) is 5.69 Å². The molecule has 3 aliphatic heterocycles. The summed E-state index contributed by atoms with van der Waals surface area (Å²) in [5, 5.41) is 7.49. The first-order valence-electron chi connectivity index (χ1n) is 12.6. The molecule has 1 N–H and O–H groups in total. The average molecular weight is 486 g/mol. The number of fused-ring (bicyclic) bond motifs is 6. The van der Waals surface area contributed by atoms with Crippen LogP contribution in [0.3, 0.4) is 0 Å². The van der Waals surface area contributed by atoms with Crippen molar-refractivity contribution in [2.45, 2.75) is 37.8 Å². The summed E-state index contributed by atoms with van der Waals surface area (Å²) in [6.07, 6.45) is 3.43. The fourth-order valence-corrected chi connectivity index (χ4v) is 6.26. The molecule has 0 unspecified atom stereocenters. The van der Waals surface area contributed by atoms with Crippen molar-refractivity contribution in [3.05, 3.63) is 77.1 Å². The smallest absolute Gasteiger partial charge is 0.240 e. The maximum atomic E-state index is 14.4. The van der Waals surface area contributed by atoms with E-state index in [9.17, 15) is 9.59 Å². The Bertz CT molecular complexity index is 1330. The highest BCUT2D eigenvalue weighted by Gasteiger charge is 2.60. The van der Waals surface area contributed by atoms with Gasteiger partial charge in [0.2, 0.25) is 11.8 Å². The monoisotopic (exact) mass is 485 g/mol. The van der Waals surface area contributed by atoms with E-state index < -0.39 is 5.41 Å². The normalized spacial score (nSPS) is 24.1. The zero-order valence-corrected chi connectivity index (χ0v) is 20.7. The maximum Gasteiger partial charge on any atom is 0.240 e. The van der Waals surface area contributed by atoms with Gasteiger partial charge in [0.1, 0.15) is 12.3 Å². The van der Waals surface area contributed by atoms with Crippen molar-refractivity contribution in [3.63, 3.8) is 0 Å². The number of likely N-dealkylation sites (tertiary alicyclic amines) is 1. The van der Waals surface area contributed by atoms with Crippen LogP contribution in [0.25, 0.3) is 0 Å². The lowest BCUT2D eigenvalue weighted by atomic mass is 9.72. The van der Waals surface area contributed by atoms with Crippen molar-refractivity contribution in [1.82, 2.24) is 20.0 Å². The minimum atomic E-state index is -0.782. The third-order valence-electron chi connectivity index (χ3n) is 7.80. The van der Waals surface area contributed by atoms with E-state index >= 15 is 0 Å². The first-order valence-corrected chi connectivity index (χ1v) is 12.6. The van der Waals surface area contributed by atoms with Gasteiger partial charge in [-0.15, -0.1) is 0 Å². The topological polar surface area (TPSA) is 79.7 Å². The number of hydrogen-bond acceptors (Lipinski definition) is 5. The van der Waals surface area contributed by atoms with E-state index in [0.29, 0.717) is 32.5 Å². The molecule has 8 nitrogen and oxygen atoms in total. The number of aryl methyl sites for hydroxylation is 2. The number of ether oxygens (including phenoxy) is 1. The molecule has 2 amide bonds. The second-order valence-electron chi connectivity index (χ2n) is 10.0. The molecule has 1 aromatic heterocycles. The summed E-state index contributed by atoms with van der Waals surface area (Å²) in [5.74, 6) is 0.631. The lowest BCUT2D eigenvalue weighted by Crippen LogP contribution is -2.47. The minimum Gasteiger partial charge on any atom is -0.494 e. The van der Waals surface area contributed by atoms with E-state index in [1.54, 1.807) is 4.90 Å². The van der Waals surface area contributed by atoms with Gasteiger partial charge in [0.15, 0.2) is 0 Å². The number of nitrogens with zero attached hydrogens (tertiary/aromatic N) is 4. The van der Waals surface area contributed by atoms with Crippen molar-refractivity contribution in [3.8, 4) is 5.75 Å². The van der Waals surface area contributed by atoms with Crippen molar-refractivity contribution in [1.29, 1.82) is 0 Å². The van der Waals surface area contributed by atoms with Crippen LogP contribution in [0.2, 0.25) is 0 Å². The Morgan fingerprint density at radius 1 is 1.17 bits per heavy atom. The Balaban J connectivity index is 1.52. The first-order chi connectivity index (χ1) is 17.5. The standard InChI is InChI=1S/C28H31N5O3/c1-19-21(16-31(2)30-19)17-32-13-11-28-23-9-3-4-10-24(23)33(27(28)35)18-25(34)29-12-6-14-36-22-8-5-7-20(15-22)26(28)32/h3-5,7-10,15-16,26H,6,11-14,17-18H2,1-2H3,(H,29,34)/t26-,28+/m0/s1. The van der Waals surface area contributed by atoms with Crippen LogP contribution >= 0.6 is 0 Å². The Hall–Kier alpha value is -3.65. The average Bonchev–Trinajstić information content (AvgIpc) is 3.47. The van der Waals surface area contributed by atoms with Crippen LogP contribution in [0.1, 0.15) is 41.3 Å². The van der Waals surface area contributed by atoms with Crippen molar-refractivity contribution in [2.24, 2.45) is 7.05 Å². The highest BCUT2D eigenvalue weighted by molar-refractivity contribution is 6.11. The lowest BCUT2D eigenvalue weighted by molar-refractivity contribution is -0.127. The largest absolute Gasteiger partial charge is 0.494 e. The number of rotatable bonds is 2. The number of nitrogens with one attached hydrogen (secondary N) is 1. The summed E-state index contributed by atoms with van der Waals surface area (Å²) < 4.78 is 7.89. The number of para-hydroxylation sites is 1. The summed E-state index contributed by atoms with van der Waals surface area (Å²) >= 11 is 0. The molecule has 1 fully saturated rings. The number of carbonyl (C=O) groups excluding carboxylic acids is 2. The molecule has 2 aromatic carbocycles. The SMILES string of the molecule is Cc1nn(C)cc1CN1CC[C@]23C(=O)N(CC(=O)NCCCOc4cccc(c4)[C@H]12)c1ccccc13. The molecule has 0 aliphatic carbocycles. The predicted molar refractivity (Wildman–Crippen MR) is 136 cm³/mol. The van der Waals surface area contributed by atoms with Crippen LogP contribution in [-0.4, -0.2) is 52.7 Å². The maximum absolute atomic E-state index is 14.4. The Morgan fingerprint density at radius 2 is 2.03 bits per heavy atom. The van der Waals surface area contributed by atoms with E-state index in [1.165, 1.54) is 0 Å². The third-order valence-corrected chi connectivity index (χ3v) is 7.80. The minimum absolute atomic E-state index is 0.00219. The Morgan fingerprint density at radius 3 is 2.86 bits per heavy atom. The molecule has 3 aromatic rings. The second kappa shape index (κ2) is 8.78. The van der Waals surface area contributed by atoms with E-state index in [0.717, 1.165) is 40.4 Å². The molecule has 6 rings (SSSR count). The molecule has 0 radical (unpaired) electrons. The summed E-state index contributed by atoms with van der Waals surface area (Å²) in [4.78, 5) is 31.3. The van der Waals surface area contributed by atoms with Gasteiger partial charge in [0.05, 0.1) is 23.8 Å². The number of amides is 2. The van der Waals surface area contributed by atoms with Gasteiger partial charge in [-0.3, -0.25) is 19.2 Å². The predicted octanol–water partition coefficient (Wildman–Crippen LogP) is 2.86. The first kappa shape index (κ1) is 22.8. The highest BCUT2D eigenvalue weighted by Crippen LogP contribution is 2.57. The van der Waals surface area contributed by atoms with E-state index in [-0.39, 0.29) is 24.4 Å².